The van der Waals surface area contributed by atoms with Crippen LogP contribution in [0.2, 0.25) is 0 Å². The summed E-state index contributed by atoms with van der Waals surface area (Å²) in [7, 11) is 1.96. The van der Waals surface area contributed by atoms with Crippen molar-refractivity contribution < 1.29 is 9.90 Å². The van der Waals surface area contributed by atoms with Crippen molar-refractivity contribution in [2.45, 2.75) is 13.0 Å². The highest BCUT2D eigenvalue weighted by Gasteiger charge is 2.08. The molecule has 5 heteroatoms. The average molecular weight is 259 g/mol. The Labute approximate surface area is 111 Å². The number of carboxylic acids is 1. The number of carbonyl (C=O) groups is 1. The van der Waals surface area contributed by atoms with Crippen molar-refractivity contribution in [2.24, 2.45) is 7.05 Å². The van der Waals surface area contributed by atoms with Crippen LogP contribution in [-0.2, 0) is 20.0 Å². The lowest BCUT2D eigenvalue weighted by molar-refractivity contribution is 0.0695. The Morgan fingerprint density at radius 1 is 1.42 bits per heavy atom. The van der Waals surface area contributed by atoms with Crippen LogP contribution in [-0.4, -0.2) is 27.2 Å². The predicted molar refractivity (Wildman–Crippen MR) is 72.0 cm³/mol. The summed E-state index contributed by atoms with van der Waals surface area (Å²) in [5.41, 5.74) is 1.15. The molecule has 1 aromatic carbocycles. The van der Waals surface area contributed by atoms with E-state index in [1.165, 1.54) is 0 Å². The number of nitrogens with zero attached hydrogens (tertiary/aromatic N) is 2. The van der Waals surface area contributed by atoms with Gasteiger partial charge in [0.05, 0.1) is 5.56 Å². The van der Waals surface area contributed by atoms with E-state index in [0.717, 1.165) is 24.4 Å². The minimum atomic E-state index is -0.887. The topological polar surface area (TPSA) is 67.2 Å². The molecule has 5 nitrogen and oxygen atoms in total. The molecule has 0 unspecified atom stereocenters. The zero-order valence-corrected chi connectivity index (χ0v) is 10.8. The number of benzene rings is 1. The Hall–Kier alpha value is -2.14. The Balaban J connectivity index is 1.86. The van der Waals surface area contributed by atoms with Crippen LogP contribution < -0.4 is 5.32 Å². The molecule has 0 atom stereocenters. The quantitative estimate of drug-likeness (QED) is 0.771. The van der Waals surface area contributed by atoms with Gasteiger partial charge >= 0.3 is 5.97 Å². The number of aromatic carboxylic acids is 1. The molecule has 2 aromatic rings. The molecular formula is C14H17N3O2. The van der Waals surface area contributed by atoms with Gasteiger partial charge in [0, 0.05) is 39.0 Å². The second kappa shape index (κ2) is 6.15. The maximum Gasteiger partial charge on any atom is 0.336 e. The monoisotopic (exact) mass is 259 g/mol. The van der Waals surface area contributed by atoms with Gasteiger partial charge in [0.15, 0.2) is 0 Å². The van der Waals surface area contributed by atoms with Crippen LogP contribution in [0.3, 0.4) is 0 Å². The van der Waals surface area contributed by atoms with Crippen LogP contribution in [0.15, 0.2) is 36.7 Å². The fourth-order valence-electron chi connectivity index (χ4n) is 1.94. The summed E-state index contributed by atoms with van der Waals surface area (Å²) in [5, 5.41) is 12.3. The Bertz CT molecular complexity index is 563. The van der Waals surface area contributed by atoms with Gasteiger partial charge < -0.3 is 15.0 Å². The molecule has 0 fully saturated rings. The summed E-state index contributed by atoms with van der Waals surface area (Å²) in [4.78, 5) is 15.3. The number of aryl methyl sites for hydroxylation is 1. The van der Waals surface area contributed by atoms with Gasteiger partial charge in [-0.15, -0.1) is 0 Å². The fourth-order valence-corrected chi connectivity index (χ4v) is 1.94. The highest BCUT2D eigenvalue weighted by molar-refractivity contribution is 5.89. The molecule has 0 bridgehead atoms. The van der Waals surface area contributed by atoms with Gasteiger partial charge in [0.2, 0.25) is 0 Å². The minimum Gasteiger partial charge on any atom is -0.478 e. The van der Waals surface area contributed by atoms with E-state index in [9.17, 15) is 4.79 Å². The van der Waals surface area contributed by atoms with Gasteiger partial charge in [-0.25, -0.2) is 9.78 Å². The van der Waals surface area contributed by atoms with Gasteiger partial charge in [0.25, 0.3) is 0 Å². The van der Waals surface area contributed by atoms with Gasteiger partial charge in [-0.2, -0.15) is 0 Å². The van der Waals surface area contributed by atoms with Crippen LogP contribution in [0.25, 0.3) is 0 Å². The third-order valence-corrected chi connectivity index (χ3v) is 3.01. The number of hydrogen-bond acceptors (Lipinski definition) is 3. The molecule has 2 rings (SSSR count). The van der Waals surface area contributed by atoms with Crippen LogP contribution in [0.5, 0.6) is 0 Å². The van der Waals surface area contributed by atoms with Gasteiger partial charge in [-0.3, -0.25) is 0 Å². The maximum atomic E-state index is 11.0. The zero-order chi connectivity index (χ0) is 13.7. The molecule has 2 N–H and O–H groups in total. The van der Waals surface area contributed by atoms with Crippen LogP contribution in [0.1, 0.15) is 21.7 Å². The molecule has 1 heterocycles. The van der Waals surface area contributed by atoms with Crippen molar-refractivity contribution in [2.75, 3.05) is 6.54 Å². The summed E-state index contributed by atoms with van der Waals surface area (Å²) in [6, 6.07) is 7.04. The lowest BCUT2D eigenvalue weighted by Gasteiger charge is -2.07. The van der Waals surface area contributed by atoms with Crippen LogP contribution in [0.4, 0.5) is 0 Å². The SMILES string of the molecule is Cn1ccnc1CCNCc1ccccc1C(=O)O. The van der Waals surface area contributed by atoms with E-state index >= 15 is 0 Å². The van der Waals surface area contributed by atoms with Gasteiger partial charge in [-0.05, 0) is 11.6 Å². The molecule has 0 aliphatic carbocycles. The largest absolute Gasteiger partial charge is 0.478 e. The van der Waals surface area contributed by atoms with Crippen molar-refractivity contribution in [3.8, 4) is 0 Å². The number of hydrogen-bond donors (Lipinski definition) is 2. The lowest BCUT2D eigenvalue weighted by atomic mass is 10.1. The molecular weight excluding hydrogens is 242 g/mol. The van der Waals surface area contributed by atoms with Gasteiger partial charge in [-0.1, -0.05) is 18.2 Å². The highest BCUT2D eigenvalue weighted by atomic mass is 16.4. The second-order valence-electron chi connectivity index (χ2n) is 4.34. The molecule has 0 aliphatic heterocycles. The standard InChI is InChI=1S/C14H17N3O2/c1-17-9-8-16-13(17)6-7-15-10-11-4-2-3-5-12(11)14(18)19/h2-5,8-9,15H,6-7,10H2,1H3,(H,18,19). The molecule has 0 saturated heterocycles. The van der Waals surface area contributed by atoms with Crippen molar-refractivity contribution in [3.63, 3.8) is 0 Å². The van der Waals surface area contributed by atoms with E-state index < -0.39 is 5.97 Å². The normalized spacial score (nSPS) is 10.6. The van der Waals surface area contributed by atoms with Crippen LogP contribution >= 0.6 is 0 Å². The van der Waals surface area contributed by atoms with E-state index in [0.29, 0.717) is 12.1 Å². The van der Waals surface area contributed by atoms with E-state index in [4.69, 9.17) is 5.11 Å². The molecule has 0 amide bonds. The Morgan fingerprint density at radius 3 is 2.89 bits per heavy atom. The first-order valence-corrected chi connectivity index (χ1v) is 6.16. The molecule has 1 aromatic heterocycles. The molecule has 0 aliphatic rings. The zero-order valence-electron chi connectivity index (χ0n) is 10.8. The molecule has 0 radical (unpaired) electrons. The maximum absolute atomic E-state index is 11.0. The number of carboxylic acid groups (broad SMARTS) is 1. The second-order valence-corrected chi connectivity index (χ2v) is 4.34. The molecule has 0 spiro atoms. The van der Waals surface area contributed by atoms with E-state index in [1.807, 2.05) is 29.9 Å². The summed E-state index contributed by atoms with van der Waals surface area (Å²) in [6.07, 6.45) is 4.50. The first-order valence-electron chi connectivity index (χ1n) is 6.16. The smallest absolute Gasteiger partial charge is 0.336 e. The van der Waals surface area contributed by atoms with E-state index in [-0.39, 0.29) is 0 Å². The summed E-state index contributed by atoms with van der Waals surface area (Å²) in [6.45, 7) is 1.31. The summed E-state index contributed by atoms with van der Waals surface area (Å²) >= 11 is 0. The molecule has 100 valence electrons. The Kier molecular flexibility index (Phi) is 4.30. The third-order valence-electron chi connectivity index (χ3n) is 3.01. The van der Waals surface area contributed by atoms with Crippen molar-refractivity contribution >= 4 is 5.97 Å². The fraction of sp³-hybridized carbons (Fsp3) is 0.286. The predicted octanol–water partition coefficient (Wildman–Crippen LogP) is 1.45. The van der Waals surface area contributed by atoms with Gasteiger partial charge in [0.1, 0.15) is 5.82 Å². The number of imidazole rings is 1. The van der Waals surface area contributed by atoms with Crippen molar-refractivity contribution in [3.05, 3.63) is 53.6 Å². The summed E-state index contributed by atoms with van der Waals surface area (Å²) in [5.74, 6) is 0.125. The first-order chi connectivity index (χ1) is 9.18. The van der Waals surface area contributed by atoms with E-state index in [2.05, 4.69) is 10.3 Å². The third kappa shape index (κ3) is 3.42. The van der Waals surface area contributed by atoms with E-state index in [1.54, 1.807) is 18.3 Å². The summed E-state index contributed by atoms with van der Waals surface area (Å²) < 4.78 is 1.98. The van der Waals surface area contributed by atoms with Crippen molar-refractivity contribution in [1.82, 2.24) is 14.9 Å². The highest BCUT2D eigenvalue weighted by Crippen LogP contribution is 2.08. The molecule has 0 saturated carbocycles. The lowest BCUT2D eigenvalue weighted by Crippen LogP contribution is -2.19. The number of aromatic nitrogens is 2. The Morgan fingerprint density at radius 2 is 2.21 bits per heavy atom. The number of nitrogens with one attached hydrogen (secondary N) is 1. The average Bonchev–Trinajstić information content (AvgIpc) is 2.80. The number of rotatable bonds is 6. The minimum absolute atomic E-state index is 0.354. The first kappa shape index (κ1) is 13.3. The molecule has 19 heavy (non-hydrogen) atoms. The van der Waals surface area contributed by atoms with Crippen molar-refractivity contribution in [1.29, 1.82) is 0 Å². The van der Waals surface area contributed by atoms with Crippen LogP contribution in [0, 0.1) is 0 Å².